The first-order chi connectivity index (χ1) is 11.5. The van der Waals surface area contributed by atoms with Crippen molar-refractivity contribution in [2.24, 2.45) is 11.7 Å². The van der Waals surface area contributed by atoms with Gasteiger partial charge in [-0.25, -0.2) is 4.39 Å². The van der Waals surface area contributed by atoms with Gasteiger partial charge in [0.25, 0.3) is 5.91 Å². The monoisotopic (exact) mass is 353 g/mol. The zero-order valence-corrected chi connectivity index (χ0v) is 14.1. The van der Waals surface area contributed by atoms with Crippen LogP contribution in [0.1, 0.15) is 29.6 Å². The van der Waals surface area contributed by atoms with Crippen LogP contribution in [-0.4, -0.2) is 53.8 Å². The number of carbonyl (C=O) groups is 2. The first kappa shape index (κ1) is 17.2. The molecule has 130 valence electrons. The summed E-state index contributed by atoms with van der Waals surface area (Å²) in [6.45, 7) is 1.69. The van der Waals surface area contributed by atoms with Gasteiger partial charge in [0.2, 0.25) is 5.91 Å². The predicted molar refractivity (Wildman–Crippen MR) is 89.2 cm³/mol. The van der Waals surface area contributed by atoms with Crippen molar-refractivity contribution in [3.05, 3.63) is 34.6 Å². The van der Waals surface area contributed by atoms with Gasteiger partial charge < -0.3 is 15.5 Å². The van der Waals surface area contributed by atoms with Gasteiger partial charge in [-0.15, -0.1) is 0 Å². The molecule has 2 aliphatic rings. The van der Waals surface area contributed by atoms with Gasteiger partial charge in [0, 0.05) is 38.1 Å². The van der Waals surface area contributed by atoms with Crippen molar-refractivity contribution >= 4 is 23.4 Å². The lowest BCUT2D eigenvalue weighted by Crippen LogP contribution is -2.52. The van der Waals surface area contributed by atoms with Gasteiger partial charge in [-0.2, -0.15) is 0 Å². The highest BCUT2D eigenvalue weighted by molar-refractivity contribution is 6.33. The predicted octanol–water partition coefficient (Wildman–Crippen LogP) is 1.89. The van der Waals surface area contributed by atoms with E-state index in [1.165, 1.54) is 18.2 Å². The summed E-state index contributed by atoms with van der Waals surface area (Å²) in [5, 5.41) is 0.110. The fourth-order valence-corrected chi connectivity index (χ4v) is 3.73. The SMILES string of the molecule is NC1CCC(C(=O)N2CCN(C(=O)c3c(F)cccc3Cl)CC2)C1. The van der Waals surface area contributed by atoms with E-state index in [2.05, 4.69) is 0 Å². The molecule has 1 aliphatic heterocycles. The Bertz CT molecular complexity index is 626. The van der Waals surface area contributed by atoms with Crippen LogP contribution in [0.25, 0.3) is 0 Å². The molecule has 2 amide bonds. The zero-order valence-electron chi connectivity index (χ0n) is 13.4. The summed E-state index contributed by atoms with van der Waals surface area (Å²) in [7, 11) is 0. The lowest BCUT2D eigenvalue weighted by atomic mass is 10.1. The first-order valence-corrected chi connectivity index (χ1v) is 8.63. The Balaban J connectivity index is 1.61. The quantitative estimate of drug-likeness (QED) is 0.883. The number of nitrogens with two attached hydrogens (primary N) is 1. The van der Waals surface area contributed by atoms with E-state index in [0.29, 0.717) is 26.2 Å². The third-order valence-electron chi connectivity index (χ3n) is 4.88. The Hall–Kier alpha value is -1.66. The maximum absolute atomic E-state index is 13.9. The topological polar surface area (TPSA) is 66.6 Å². The summed E-state index contributed by atoms with van der Waals surface area (Å²) in [4.78, 5) is 28.3. The number of carbonyl (C=O) groups excluding carboxylic acids is 2. The summed E-state index contributed by atoms with van der Waals surface area (Å²) in [5.74, 6) is -0.915. The van der Waals surface area contributed by atoms with E-state index in [9.17, 15) is 14.0 Å². The van der Waals surface area contributed by atoms with Crippen molar-refractivity contribution in [1.29, 1.82) is 0 Å². The van der Waals surface area contributed by atoms with E-state index in [0.717, 1.165) is 19.3 Å². The average molecular weight is 354 g/mol. The molecule has 0 bridgehead atoms. The van der Waals surface area contributed by atoms with E-state index in [4.69, 9.17) is 17.3 Å². The van der Waals surface area contributed by atoms with Gasteiger partial charge in [0.05, 0.1) is 10.6 Å². The average Bonchev–Trinajstić information content (AvgIpc) is 3.00. The molecule has 3 rings (SSSR count). The number of hydrogen-bond acceptors (Lipinski definition) is 3. The second kappa shape index (κ2) is 7.07. The minimum Gasteiger partial charge on any atom is -0.339 e. The van der Waals surface area contributed by atoms with Gasteiger partial charge in [-0.1, -0.05) is 17.7 Å². The molecule has 1 aliphatic carbocycles. The largest absolute Gasteiger partial charge is 0.339 e. The Morgan fingerprint density at radius 2 is 1.79 bits per heavy atom. The maximum atomic E-state index is 13.9. The minimum absolute atomic E-state index is 0.00302. The van der Waals surface area contributed by atoms with E-state index in [1.807, 2.05) is 0 Å². The van der Waals surface area contributed by atoms with Gasteiger partial charge in [0.1, 0.15) is 5.82 Å². The van der Waals surface area contributed by atoms with Gasteiger partial charge in [0.15, 0.2) is 0 Å². The number of piperazine rings is 1. The molecular formula is C17H21ClFN3O2. The summed E-state index contributed by atoms with van der Waals surface area (Å²) >= 11 is 5.96. The Labute approximate surface area is 145 Å². The van der Waals surface area contributed by atoms with Crippen LogP contribution in [0, 0.1) is 11.7 Å². The molecule has 1 aromatic rings. The number of halogens is 2. The van der Waals surface area contributed by atoms with Gasteiger partial charge in [-0.05, 0) is 31.4 Å². The molecule has 2 N–H and O–H groups in total. The van der Waals surface area contributed by atoms with Crippen LogP contribution >= 0.6 is 11.6 Å². The van der Waals surface area contributed by atoms with Crippen LogP contribution in [0.3, 0.4) is 0 Å². The molecule has 0 aromatic heterocycles. The van der Waals surface area contributed by atoms with E-state index >= 15 is 0 Å². The maximum Gasteiger partial charge on any atom is 0.258 e. The number of benzene rings is 1. The second-order valence-electron chi connectivity index (χ2n) is 6.48. The Kier molecular flexibility index (Phi) is 5.06. The van der Waals surface area contributed by atoms with Crippen LogP contribution in [0.2, 0.25) is 5.02 Å². The lowest BCUT2D eigenvalue weighted by molar-refractivity contribution is -0.136. The van der Waals surface area contributed by atoms with Gasteiger partial charge >= 0.3 is 0 Å². The molecule has 1 aromatic carbocycles. The van der Waals surface area contributed by atoms with Crippen molar-refractivity contribution < 1.29 is 14.0 Å². The highest BCUT2D eigenvalue weighted by Gasteiger charge is 2.33. The van der Waals surface area contributed by atoms with Crippen molar-refractivity contribution in [2.75, 3.05) is 26.2 Å². The molecule has 2 unspecified atom stereocenters. The third-order valence-corrected chi connectivity index (χ3v) is 5.19. The molecule has 24 heavy (non-hydrogen) atoms. The molecule has 1 saturated carbocycles. The molecule has 1 saturated heterocycles. The minimum atomic E-state index is -0.619. The lowest BCUT2D eigenvalue weighted by Gasteiger charge is -2.36. The van der Waals surface area contributed by atoms with Crippen molar-refractivity contribution in [2.45, 2.75) is 25.3 Å². The summed E-state index contributed by atoms with van der Waals surface area (Å²) in [6.07, 6.45) is 2.47. The molecule has 0 radical (unpaired) electrons. The highest BCUT2D eigenvalue weighted by Crippen LogP contribution is 2.27. The fraction of sp³-hybridized carbons (Fsp3) is 0.529. The molecule has 2 atom stereocenters. The third kappa shape index (κ3) is 3.39. The smallest absolute Gasteiger partial charge is 0.258 e. The van der Waals surface area contributed by atoms with Crippen molar-refractivity contribution in [1.82, 2.24) is 9.80 Å². The van der Waals surface area contributed by atoms with Crippen LogP contribution < -0.4 is 5.73 Å². The van der Waals surface area contributed by atoms with Crippen LogP contribution in [0.15, 0.2) is 18.2 Å². The Morgan fingerprint density at radius 3 is 2.38 bits per heavy atom. The number of nitrogens with zero attached hydrogens (tertiary/aromatic N) is 2. The summed E-state index contributed by atoms with van der Waals surface area (Å²) in [5.41, 5.74) is 5.78. The molecule has 2 fully saturated rings. The number of rotatable bonds is 2. The molecule has 5 nitrogen and oxygen atoms in total. The van der Waals surface area contributed by atoms with E-state index < -0.39 is 11.7 Å². The highest BCUT2D eigenvalue weighted by atomic mass is 35.5. The van der Waals surface area contributed by atoms with E-state index in [1.54, 1.807) is 9.80 Å². The standard InChI is InChI=1S/C17H21ClFN3O2/c18-13-2-1-3-14(19)15(13)17(24)22-8-6-21(7-9-22)16(23)11-4-5-12(20)10-11/h1-3,11-12H,4-10,20H2. The van der Waals surface area contributed by atoms with Crippen molar-refractivity contribution in [3.63, 3.8) is 0 Å². The summed E-state index contributed by atoms with van der Waals surface area (Å²) in [6, 6.07) is 4.31. The van der Waals surface area contributed by atoms with Crippen LogP contribution in [0.4, 0.5) is 4.39 Å². The molecule has 1 heterocycles. The van der Waals surface area contributed by atoms with E-state index in [-0.39, 0.29) is 28.5 Å². The van der Waals surface area contributed by atoms with Gasteiger partial charge in [-0.3, -0.25) is 9.59 Å². The number of hydrogen-bond donors (Lipinski definition) is 1. The summed E-state index contributed by atoms with van der Waals surface area (Å²) < 4.78 is 13.9. The van der Waals surface area contributed by atoms with Crippen LogP contribution in [0.5, 0.6) is 0 Å². The Morgan fingerprint density at radius 1 is 1.12 bits per heavy atom. The fourth-order valence-electron chi connectivity index (χ4n) is 3.49. The molecule has 7 heteroatoms. The second-order valence-corrected chi connectivity index (χ2v) is 6.89. The normalized spacial score (nSPS) is 24.3. The van der Waals surface area contributed by atoms with Crippen molar-refractivity contribution in [3.8, 4) is 0 Å². The number of amides is 2. The molecular weight excluding hydrogens is 333 g/mol. The van der Waals surface area contributed by atoms with Crippen LogP contribution in [-0.2, 0) is 4.79 Å². The first-order valence-electron chi connectivity index (χ1n) is 8.25. The molecule has 0 spiro atoms. The zero-order chi connectivity index (χ0) is 17.3.